The van der Waals surface area contributed by atoms with Gasteiger partial charge in [-0.2, -0.15) is 0 Å². The van der Waals surface area contributed by atoms with Crippen LogP contribution < -0.4 is 0 Å². The van der Waals surface area contributed by atoms with E-state index in [4.69, 9.17) is 4.74 Å². The van der Waals surface area contributed by atoms with Gasteiger partial charge in [-0.05, 0) is 36.2 Å². The Balaban J connectivity index is 1.95. The first kappa shape index (κ1) is 15.3. The SMILES string of the molecule is C=C(C)[C@@H]1C[C@H]([C@H](CO)OCc2ccccc2)C1(C)C. The molecule has 1 saturated carbocycles. The molecule has 1 fully saturated rings. The number of benzene rings is 1. The summed E-state index contributed by atoms with van der Waals surface area (Å²) < 4.78 is 5.97. The van der Waals surface area contributed by atoms with Gasteiger partial charge in [-0.1, -0.05) is 56.3 Å². The van der Waals surface area contributed by atoms with E-state index in [9.17, 15) is 5.11 Å². The number of aliphatic hydroxyl groups excluding tert-OH is 1. The van der Waals surface area contributed by atoms with Crippen molar-refractivity contribution < 1.29 is 9.84 Å². The Bertz CT molecular complexity index is 450. The van der Waals surface area contributed by atoms with Crippen LogP contribution in [-0.4, -0.2) is 17.8 Å². The monoisotopic (exact) mass is 274 g/mol. The predicted molar refractivity (Wildman–Crippen MR) is 82.3 cm³/mol. The molecule has 20 heavy (non-hydrogen) atoms. The molecule has 2 heteroatoms. The molecule has 0 amide bonds. The molecule has 1 N–H and O–H groups in total. The minimum absolute atomic E-state index is 0.0826. The van der Waals surface area contributed by atoms with Gasteiger partial charge in [-0.15, -0.1) is 0 Å². The summed E-state index contributed by atoms with van der Waals surface area (Å²) in [5.41, 5.74) is 2.56. The van der Waals surface area contributed by atoms with Crippen molar-refractivity contribution in [3.8, 4) is 0 Å². The normalized spacial score (nSPS) is 25.8. The number of hydrogen-bond acceptors (Lipinski definition) is 2. The van der Waals surface area contributed by atoms with Crippen LogP contribution in [0.25, 0.3) is 0 Å². The molecule has 0 spiro atoms. The summed E-state index contributed by atoms with van der Waals surface area (Å²) in [5, 5.41) is 9.65. The Morgan fingerprint density at radius 2 is 2.05 bits per heavy atom. The van der Waals surface area contributed by atoms with Crippen LogP contribution in [0.4, 0.5) is 0 Å². The van der Waals surface area contributed by atoms with Gasteiger partial charge in [0.2, 0.25) is 0 Å². The second-order valence-electron chi connectivity index (χ2n) is 6.58. The smallest absolute Gasteiger partial charge is 0.0843 e. The first-order valence-corrected chi connectivity index (χ1v) is 7.38. The number of rotatable bonds is 6. The van der Waals surface area contributed by atoms with Crippen LogP contribution in [0.1, 0.15) is 32.8 Å². The minimum Gasteiger partial charge on any atom is -0.394 e. The van der Waals surface area contributed by atoms with Crippen molar-refractivity contribution in [2.45, 2.75) is 39.9 Å². The lowest BCUT2D eigenvalue weighted by atomic mass is 9.51. The van der Waals surface area contributed by atoms with Gasteiger partial charge in [0.15, 0.2) is 0 Å². The van der Waals surface area contributed by atoms with Crippen molar-refractivity contribution in [1.82, 2.24) is 0 Å². The average Bonchev–Trinajstić information content (AvgIpc) is 2.42. The fraction of sp³-hybridized carbons (Fsp3) is 0.556. The molecule has 0 unspecified atom stereocenters. The van der Waals surface area contributed by atoms with Crippen molar-refractivity contribution in [3.05, 3.63) is 48.0 Å². The quantitative estimate of drug-likeness (QED) is 0.799. The summed E-state index contributed by atoms with van der Waals surface area (Å²) >= 11 is 0. The maximum atomic E-state index is 9.65. The first-order valence-electron chi connectivity index (χ1n) is 7.38. The Hall–Kier alpha value is -1.12. The molecule has 2 rings (SSSR count). The predicted octanol–water partition coefficient (Wildman–Crippen LogP) is 3.80. The third-order valence-corrected chi connectivity index (χ3v) is 4.87. The lowest BCUT2D eigenvalue weighted by Crippen LogP contribution is -2.52. The van der Waals surface area contributed by atoms with Crippen molar-refractivity contribution in [2.24, 2.45) is 17.3 Å². The van der Waals surface area contributed by atoms with Crippen LogP contribution in [0.3, 0.4) is 0 Å². The fourth-order valence-electron chi connectivity index (χ4n) is 3.50. The van der Waals surface area contributed by atoms with E-state index < -0.39 is 0 Å². The molecule has 0 saturated heterocycles. The molecule has 0 heterocycles. The summed E-state index contributed by atoms with van der Waals surface area (Å²) in [6.07, 6.45) is 0.989. The van der Waals surface area contributed by atoms with Gasteiger partial charge in [0.1, 0.15) is 0 Å². The molecule has 0 aromatic heterocycles. The van der Waals surface area contributed by atoms with Crippen LogP contribution in [0.15, 0.2) is 42.5 Å². The Labute approximate surface area is 122 Å². The topological polar surface area (TPSA) is 29.5 Å². The van der Waals surface area contributed by atoms with E-state index >= 15 is 0 Å². The van der Waals surface area contributed by atoms with Crippen LogP contribution in [-0.2, 0) is 11.3 Å². The van der Waals surface area contributed by atoms with Gasteiger partial charge in [0, 0.05) is 0 Å². The highest BCUT2D eigenvalue weighted by atomic mass is 16.5. The highest BCUT2D eigenvalue weighted by Crippen LogP contribution is 2.55. The Morgan fingerprint density at radius 1 is 1.40 bits per heavy atom. The van der Waals surface area contributed by atoms with Crippen molar-refractivity contribution in [2.75, 3.05) is 6.61 Å². The zero-order valence-electron chi connectivity index (χ0n) is 12.8. The van der Waals surface area contributed by atoms with Crippen LogP contribution in [0.2, 0.25) is 0 Å². The van der Waals surface area contributed by atoms with E-state index in [2.05, 4.69) is 39.5 Å². The summed E-state index contributed by atoms with van der Waals surface area (Å²) in [4.78, 5) is 0. The third kappa shape index (κ3) is 2.97. The summed E-state index contributed by atoms with van der Waals surface area (Å²) in [7, 11) is 0. The largest absolute Gasteiger partial charge is 0.394 e. The molecule has 0 radical (unpaired) electrons. The molecule has 1 aromatic carbocycles. The van der Waals surface area contributed by atoms with Gasteiger partial charge in [-0.25, -0.2) is 0 Å². The van der Waals surface area contributed by atoms with Crippen molar-refractivity contribution >= 4 is 0 Å². The van der Waals surface area contributed by atoms with Crippen molar-refractivity contribution in [3.63, 3.8) is 0 Å². The maximum Gasteiger partial charge on any atom is 0.0843 e. The lowest BCUT2D eigenvalue weighted by Gasteiger charge is -2.55. The molecule has 0 bridgehead atoms. The minimum atomic E-state index is -0.0826. The van der Waals surface area contributed by atoms with Gasteiger partial charge in [0.05, 0.1) is 19.3 Å². The van der Waals surface area contributed by atoms with Crippen molar-refractivity contribution in [1.29, 1.82) is 0 Å². The number of aliphatic hydroxyl groups is 1. The van der Waals surface area contributed by atoms with Gasteiger partial charge >= 0.3 is 0 Å². The van der Waals surface area contributed by atoms with E-state index in [1.807, 2.05) is 18.2 Å². The maximum absolute atomic E-state index is 9.65. The van der Waals surface area contributed by atoms with E-state index in [-0.39, 0.29) is 18.1 Å². The van der Waals surface area contributed by atoms with E-state index in [0.717, 1.165) is 12.0 Å². The number of allylic oxidation sites excluding steroid dienone is 1. The number of hydrogen-bond donors (Lipinski definition) is 1. The van der Waals surface area contributed by atoms with E-state index in [1.54, 1.807) is 0 Å². The summed E-state index contributed by atoms with van der Waals surface area (Å²) in [6, 6.07) is 10.1. The Morgan fingerprint density at radius 3 is 2.55 bits per heavy atom. The molecule has 2 nitrogen and oxygen atoms in total. The highest BCUT2D eigenvalue weighted by Gasteiger charge is 2.51. The Kier molecular flexibility index (Phi) is 4.66. The first-order chi connectivity index (χ1) is 9.46. The molecule has 1 aromatic rings. The fourth-order valence-corrected chi connectivity index (χ4v) is 3.50. The molecule has 1 aliphatic rings. The molecule has 110 valence electrons. The average molecular weight is 274 g/mol. The third-order valence-electron chi connectivity index (χ3n) is 4.87. The zero-order chi connectivity index (χ0) is 14.8. The van der Waals surface area contributed by atoms with Gasteiger partial charge in [0.25, 0.3) is 0 Å². The van der Waals surface area contributed by atoms with Crippen LogP contribution >= 0.6 is 0 Å². The lowest BCUT2D eigenvalue weighted by molar-refractivity contribution is -0.129. The molecular weight excluding hydrogens is 248 g/mol. The second kappa shape index (κ2) is 6.11. The number of ether oxygens (including phenoxy) is 1. The van der Waals surface area contributed by atoms with E-state index in [0.29, 0.717) is 18.4 Å². The van der Waals surface area contributed by atoms with E-state index in [1.165, 1.54) is 5.57 Å². The summed E-state index contributed by atoms with van der Waals surface area (Å²) in [6.45, 7) is 11.4. The second-order valence-corrected chi connectivity index (χ2v) is 6.58. The zero-order valence-corrected chi connectivity index (χ0v) is 12.8. The standard InChI is InChI=1S/C18H26O2/c1-13(2)15-10-16(18(15,3)4)17(11-19)20-12-14-8-6-5-7-9-14/h5-9,15-17,19H,1,10-12H2,2-4H3/t15-,16+,17-/m0/s1. The van der Waals surface area contributed by atoms with Gasteiger partial charge < -0.3 is 9.84 Å². The summed E-state index contributed by atoms with van der Waals surface area (Å²) in [5.74, 6) is 0.944. The van der Waals surface area contributed by atoms with Gasteiger partial charge in [-0.3, -0.25) is 0 Å². The van der Waals surface area contributed by atoms with Crippen LogP contribution in [0.5, 0.6) is 0 Å². The molecule has 3 atom stereocenters. The van der Waals surface area contributed by atoms with Crippen LogP contribution in [0, 0.1) is 17.3 Å². The molecular formula is C18H26O2. The highest BCUT2D eigenvalue weighted by molar-refractivity contribution is 5.15. The molecule has 0 aliphatic heterocycles. The molecule has 1 aliphatic carbocycles.